The van der Waals surface area contributed by atoms with Crippen LogP contribution in [0.25, 0.3) is 43.6 Å². The van der Waals surface area contributed by atoms with Gasteiger partial charge in [0.25, 0.3) is 0 Å². The van der Waals surface area contributed by atoms with Crippen LogP contribution in [-0.4, -0.2) is 47.7 Å². The van der Waals surface area contributed by atoms with Crippen LogP contribution in [0.3, 0.4) is 0 Å². The molecule has 0 bridgehead atoms. The minimum absolute atomic E-state index is 0.219. The summed E-state index contributed by atoms with van der Waals surface area (Å²) in [5.74, 6) is -1.30. The first-order valence-corrected chi connectivity index (χ1v) is 11.5. The molecule has 2 aromatic heterocycles. The number of H-pyrrole nitrogens is 2. The molecule has 8 heteroatoms. The molecule has 8 nitrogen and oxygen atoms in total. The second kappa shape index (κ2) is 8.79. The molecule has 3 aromatic carbocycles. The lowest BCUT2D eigenvalue weighted by atomic mass is 10.0. The lowest BCUT2D eigenvalue weighted by molar-refractivity contribution is 0.0517. The highest BCUT2D eigenvalue weighted by Crippen LogP contribution is 2.37. The van der Waals surface area contributed by atoms with Crippen LogP contribution in [0.5, 0.6) is 0 Å². The van der Waals surface area contributed by atoms with E-state index in [0.29, 0.717) is 27.7 Å². The molecule has 2 N–H and O–H groups in total. The fraction of sp³-hybridized carbons (Fsp3) is 0.222. The predicted molar refractivity (Wildman–Crippen MR) is 133 cm³/mol. The molecule has 0 saturated carbocycles. The quantitative estimate of drug-likeness (QED) is 0.250. The van der Waals surface area contributed by atoms with Crippen molar-refractivity contribution < 1.29 is 28.6 Å². The zero-order valence-corrected chi connectivity index (χ0v) is 19.6. The van der Waals surface area contributed by atoms with E-state index in [0.717, 1.165) is 32.6 Å². The zero-order valence-electron chi connectivity index (χ0n) is 19.6. The minimum Gasteiger partial charge on any atom is -0.462 e. The molecule has 5 rings (SSSR count). The number of ether oxygens (including phenoxy) is 3. The van der Waals surface area contributed by atoms with Gasteiger partial charge in [0.15, 0.2) is 0 Å². The Morgan fingerprint density at radius 2 is 1.03 bits per heavy atom. The molecular weight excluding hydrogens is 448 g/mol. The Morgan fingerprint density at radius 3 is 1.46 bits per heavy atom. The average molecular weight is 472 g/mol. The van der Waals surface area contributed by atoms with E-state index in [1.807, 2.05) is 6.07 Å². The van der Waals surface area contributed by atoms with E-state index in [1.165, 1.54) is 0 Å². The Kier molecular flexibility index (Phi) is 5.64. The van der Waals surface area contributed by atoms with Gasteiger partial charge >= 0.3 is 17.9 Å². The summed E-state index contributed by atoms with van der Waals surface area (Å²) >= 11 is 0. The summed E-state index contributed by atoms with van der Waals surface area (Å²) in [4.78, 5) is 44.5. The molecule has 35 heavy (non-hydrogen) atoms. The number of rotatable bonds is 6. The highest BCUT2D eigenvalue weighted by molar-refractivity contribution is 6.26. The van der Waals surface area contributed by atoms with Gasteiger partial charge in [0, 0.05) is 32.6 Å². The van der Waals surface area contributed by atoms with Gasteiger partial charge in [-0.3, -0.25) is 0 Å². The van der Waals surface area contributed by atoms with Crippen LogP contribution in [0.1, 0.15) is 51.8 Å². The van der Waals surface area contributed by atoms with Crippen molar-refractivity contribution in [1.29, 1.82) is 0 Å². The molecule has 0 radical (unpaired) electrons. The zero-order chi connectivity index (χ0) is 24.7. The first kappa shape index (κ1) is 22.5. The smallest absolute Gasteiger partial charge is 0.342 e. The second-order valence-electron chi connectivity index (χ2n) is 8.03. The van der Waals surface area contributed by atoms with Gasteiger partial charge in [0.2, 0.25) is 0 Å². The summed E-state index contributed by atoms with van der Waals surface area (Å²) in [7, 11) is 0. The lowest BCUT2D eigenvalue weighted by Crippen LogP contribution is -2.06. The van der Waals surface area contributed by atoms with Gasteiger partial charge in [-0.15, -0.1) is 0 Å². The van der Waals surface area contributed by atoms with E-state index in [4.69, 9.17) is 14.2 Å². The van der Waals surface area contributed by atoms with Gasteiger partial charge in [-0.05, 0) is 63.2 Å². The molecule has 178 valence electrons. The number of carbonyl (C=O) groups excluding carboxylic acids is 3. The van der Waals surface area contributed by atoms with Gasteiger partial charge in [-0.25, -0.2) is 14.4 Å². The topological polar surface area (TPSA) is 110 Å². The van der Waals surface area contributed by atoms with E-state index < -0.39 is 17.9 Å². The van der Waals surface area contributed by atoms with Crippen molar-refractivity contribution in [3.8, 4) is 0 Å². The van der Waals surface area contributed by atoms with Gasteiger partial charge in [-0.1, -0.05) is 0 Å². The first-order valence-electron chi connectivity index (χ1n) is 11.5. The summed E-state index contributed by atoms with van der Waals surface area (Å²) in [5.41, 5.74) is 3.93. The Labute approximate surface area is 200 Å². The highest BCUT2D eigenvalue weighted by Gasteiger charge is 2.23. The van der Waals surface area contributed by atoms with Crippen LogP contribution in [0.15, 0.2) is 42.5 Å². The van der Waals surface area contributed by atoms with Gasteiger partial charge in [0.1, 0.15) is 5.56 Å². The van der Waals surface area contributed by atoms with Gasteiger partial charge < -0.3 is 24.2 Å². The van der Waals surface area contributed by atoms with Crippen LogP contribution in [-0.2, 0) is 14.2 Å². The molecule has 0 saturated heterocycles. The van der Waals surface area contributed by atoms with E-state index >= 15 is 0 Å². The van der Waals surface area contributed by atoms with Crippen molar-refractivity contribution >= 4 is 61.5 Å². The lowest BCUT2D eigenvalue weighted by Gasteiger charge is -2.06. The third-order valence-corrected chi connectivity index (χ3v) is 5.97. The Morgan fingerprint density at radius 1 is 0.600 bits per heavy atom. The van der Waals surface area contributed by atoms with Crippen molar-refractivity contribution in [2.24, 2.45) is 0 Å². The van der Waals surface area contributed by atoms with Crippen molar-refractivity contribution in [3.05, 3.63) is 59.2 Å². The van der Waals surface area contributed by atoms with E-state index in [-0.39, 0.29) is 19.8 Å². The Bertz CT molecular complexity index is 1530. The largest absolute Gasteiger partial charge is 0.462 e. The molecule has 0 aliphatic heterocycles. The van der Waals surface area contributed by atoms with Crippen LogP contribution in [0.2, 0.25) is 0 Å². The number of aromatic amines is 2. The van der Waals surface area contributed by atoms with Crippen LogP contribution in [0, 0.1) is 0 Å². The first-order chi connectivity index (χ1) is 17.0. The highest BCUT2D eigenvalue weighted by atomic mass is 16.5. The second-order valence-corrected chi connectivity index (χ2v) is 8.03. The summed E-state index contributed by atoms with van der Waals surface area (Å²) in [5, 5.41) is 3.05. The summed E-state index contributed by atoms with van der Waals surface area (Å²) < 4.78 is 15.7. The van der Waals surface area contributed by atoms with Crippen molar-refractivity contribution in [2.75, 3.05) is 19.8 Å². The molecule has 2 heterocycles. The number of benzene rings is 3. The Hall–Kier alpha value is -4.33. The normalized spacial score (nSPS) is 11.4. The summed E-state index contributed by atoms with van der Waals surface area (Å²) in [6.45, 7) is 6.03. The van der Waals surface area contributed by atoms with E-state index in [9.17, 15) is 14.4 Å². The van der Waals surface area contributed by atoms with Crippen molar-refractivity contribution in [3.63, 3.8) is 0 Å². The third-order valence-electron chi connectivity index (χ3n) is 5.97. The van der Waals surface area contributed by atoms with Gasteiger partial charge in [-0.2, -0.15) is 0 Å². The summed E-state index contributed by atoms with van der Waals surface area (Å²) in [6, 6.07) is 12.4. The number of fused-ring (bicyclic) bond motifs is 6. The van der Waals surface area contributed by atoms with Crippen LogP contribution >= 0.6 is 0 Å². The van der Waals surface area contributed by atoms with Crippen LogP contribution in [0.4, 0.5) is 0 Å². The number of nitrogens with one attached hydrogen (secondary N) is 2. The Balaban J connectivity index is 1.85. The molecule has 0 spiro atoms. The van der Waals surface area contributed by atoms with Crippen molar-refractivity contribution in [1.82, 2.24) is 9.97 Å². The number of esters is 3. The fourth-order valence-electron chi connectivity index (χ4n) is 4.48. The third kappa shape index (κ3) is 3.67. The number of aromatic nitrogens is 2. The van der Waals surface area contributed by atoms with Gasteiger partial charge in [0.05, 0.1) is 42.0 Å². The monoisotopic (exact) mass is 472 g/mol. The molecule has 5 aromatic rings. The van der Waals surface area contributed by atoms with Crippen LogP contribution < -0.4 is 0 Å². The maximum atomic E-state index is 13.1. The molecule has 0 unspecified atom stereocenters. The standard InChI is InChI=1S/C27H24N2O6/c1-4-33-25(30)14-7-9-20-16(11-14)18-13-19-17-12-15(26(31)34-5-2)8-10-21(17)29-24(19)22(23(18)28-20)27(32)35-6-3/h7-13,28-29H,4-6H2,1-3H3. The number of carbonyl (C=O) groups is 3. The number of hydrogen-bond donors (Lipinski definition) is 2. The minimum atomic E-state index is -0.475. The molecule has 0 fully saturated rings. The average Bonchev–Trinajstić information content (AvgIpc) is 3.39. The maximum absolute atomic E-state index is 13.1. The van der Waals surface area contributed by atoms with E-state index in [1.54, 1.807) is 57.2 Å². The SMILES string of the molecule is CCOC(=O)c1ccc2[nH]c3c(C(=O)OCC)c4[nH]c5ccc(C(=O)OCC)cc5c4cc3c2c1. The molecule has 0 aliphatic carbocycles. The summed E-state index contributed by atoms with van der Waals surface area (Å²) in [6.07, 6.45) is 0. The van der Waals surface area contributed by atoms with E-state index in [2.05, 4.69) is 9.97 Å². The van der Waals surface area contributed by atoms with Crippen molar-refractivity contribution in [2.45, 2.75) is 20.8 Å². The molecule has 0 amide bonds. The molecule has 0 aliphatic rings. The predicted octanol–water partition coefficient (Wildman–Crippen LogP) is 5.49. The molecule has 0 atom stereocenters. The maximum Gasteiger partial charge on any atom is 0.342 e. The molecular formula is C27H24N2O6. The number of hydrogen-bond acceptors (Lipinski definition) is 6. The fourth-order valence-corrected chi connectivity index (χ4v) is 4.48.